The monoisotopic (exact) mass is 363 g/mol. The van der Waals surface area contributed by atoms with E-state index in [-0.39, 0.29) is 16.5 Å². The third-order valence-corrected chi connectivity index (χ3v) is 5.36. The Morgan fingerprint density at radius 1 is 1.36 bits per heavy atom. The van der Waals surface area contributed by atoms with Crippen LogP contribution in [0.4, 0.5) is 10.8 Å². The van der Waals surface area contributed by atoms with Crippen LogP contribution in [0, 0.1) is 10.1 Å². The van der Waals surface area contributed by atoms with Gasteiger partial charge in [-0.15, -0.1) is 0 Å². The number of hydrogen-bond acceptors (Lipinski definition) is 7. The summed E-state index contributed by atoms with van der Waals surface area (Å²) < 4.78 is 0.842. The number of non-ortho nitro benzene ring substituents is 1. The molecule has 2 aromatic rings. The zero-order chi connectivity index (χ0) is 17.8. The maximum Gasteiger partial charge on any atom is 0.270 e. The van der Waals surface area contributed by atoms with Crippen LogP contribution in [0.1, 0.15) is 13.3 Å². The van der Waals surface area contributed by atoms with Crippen molar-refractivity contribution in [1.29, 1.82) is 0 Å². The van der Waals surface area contributed by atoms with Crippen molar-refractivity contribution in [2.75, 3.05) is 44.2 Å². The second-order valence-corrected chi connectivity index (χ2v) is 6.95. The minimum absolute atomic E-state index is 0.0854. The summed E-state index contributed by atoms with van der Waals surface area (Å²) in [6.07, 6.45) is 0.517. The number of nitrogens with one attached hydrogen (secondary N) is 1. The van der Waals surface area contributed by atoms with Crippen molar-refractivity contribution in [2.45, 2.75) is 13.3 Å². The number of piperazine rings is 1. The predicted octanol–water partition coefficient (Wildman–Crippen LogP) is 1.85. The van der Waals surface area contributed by atoms with Gasteiger partial charge in [0.05, 0.1) is 15.1 Å². The minimum atomic E-state index is -0.380. The van der Waals surface area contributed by atoms with Gasteiger partial charge in [-0.1, -0.05) is 18.3 Å². The van der Waals surface area contributed by atoms with E-state index in [0.29, 0.717) is 13.0 Å². The first-order valence-corrected chi connectivity index (χ1v) is 9.17. The maximum atomic E-state index is 11.3. The van der Waals surface area contributed by atoms with Crippen LogP contribution in [0.2, 0.25) is 0 Å². The van der Waals surface area contributed by atoms with E-state index in [4.69, 9.17) is 0 Å². The topological polar surface area (TPSA) is 91.6 Å². The number of rotatable bonds is 6. The summed E-state index contributed by atoms with van der Waals surface area (Å²) in [4.78, 5) is 30.9. The van der Waals surface area contributed by atoms with Crippen molar-refractivity contribution in [2.24, 2.45) is 0 Å². The molecule has 25 heavy (non-hydrogen) atoms. The van der Waals surface area contributed by atoms with E-state index in [1.54, 1.807) is 12.1 Å². The van der Waals surface area contributed by atoms with Crippen LogP contribution in [0.25, 0.3) is 10.2 Å². The van der Waals surface area contributed by atoms with Gasteiger partial charge >= 0.3 is 0 Å². The van der Waals surface area contributed by atoms with Gasteiger partial charge < -0.3 is 10.2 Å². The number of carbonyl (C=O) groups excluding carboxylic acids is 1. The molecule has 1 amide bonds. The number of amides is 1. The summed E-state index contributed by atoms with van der Waals surface area (Å²) in [6.45, 7) is 6.94. The van der Waals surface area contributed by atoms with Gasteiger partial charge in [-0.05, 0) is 6.07 Å². The van der Waals surface area contributed by atoms with Crippen molar-refractivity contribution in [3.8, 4) is 0 Å². The van der Waals surface area contributed by atoms with Gasteiger partial charge in [-0.2, -0.15) is 0 Å². The lowest BCUT2D eigenvalue weighted by Gasteiger charge is -2.34. The third kappa shape index (κ3) is 4.23. The van der Waals surface area contributed by atoms with Crippen molar-refractivity contribution < 1.29 is 9.72 Å². The molecule has 0 aliphatic carbocycles. The number of fused-ring (bicyclic) bond motifs is 1. The zero-order valence-electron chi connectivity index (χ0n) is 14.1. The molecule has 9 heteroatoms. The molecule has 134 valence electrons. The molecule has 3 rings (SSSR count). The number of anilines is 1. The molecule has 8 nitrogen and oxygen atoms in total. The lowest BCUT2D eigenvalue weighted by Crippen LogP contribution is -2.48. The fourth-order valence-electron chi connectivity index (χ4n) is 2.79. The largest absolute Gasteiger partial charge is 0.355 e. The highest BCUT2D eigenvalue weighted by Crippen LogP contribution is 2.31. The van der Waals surface area contributed by atoms with Crippen LogP contribution in [0.3, 0.4) is 0 Å². The summed E-state index contributed by atoms with van der Waals surface area (Å²) in [6, 6.07) is 4.79. The number of hydrogen-bond donors (Lipinski definition) is 1. The Labute approximate surface area is 149 Å². The summed E-state index contributed by atoms with van der Waals surface area (Å²) in [5, 5.41) is 14.7. The third-order valence-electron chi connectivity index (χ3n) is 4.29. The first-order valence-electron chi connectivity index (χ1n) is 8.36. The number of carbonyl (C=O) groups is 1. The molecule has 2 heterocycles. The fourth-order valence-corrected chi connectivity index (χ4v) is 3.84. The second kappa shape index (κ2) is 7.75. The molecule has 0 unspecified atom stereocenters. The van der Waals surface area contributed by atoms with Crippen LogP contribution >= 0.6 is 11.3 Å². The first kappa shape index (κ1) is 17.6. The molecule has 0 atom stereocenters. The van der Waals surface area contributed by atoms with E-state index in [1.807, 2.05) is 6.92 Å². The number of aromatic nitrogens is 1. The molecule has 1 saturated heterocycles. The average molecular weight is 363 g/mol. The molecular formula is C16H21N5O3S. The Hall–Kier alpha value is -2.26. The van der Waals surface area contributed by atoms with Gasteiger partial charge in [-0.3, -0.25) is 19.8 Å². The van der Waals surface area contributed by atoms with Gasteiger partial charge in [-0.25, -0.2) is 4.98 Å². The summed E-state index contributed by atoms with van der Waals surface area (Å²) >= 11 is 1.50. The van der Waals surface area contributed by atoms with Crippen molar-refractivity contribution in [3.63, 3.8) is 0 Å². The van der Waals surface area contributed by atoms with Crippen LogP contribution in [-0.2, 0) is 4.79 Å². The molecule has 1 aliphatic heterocycles. The molecule has 1 aromatic heterocycles. The summed E-state index contributed by atoms with van der Waals surface area (Å²) in [7, 11) is 0. The van der Waals surface area contributed by atoms with Gasteiger partial charge in [0.2, 0.25) is 5.91 Å². The van der Waals surface area contributed by atoms with Gasteiger partial charge in [0.1, 0.15) is 0 Å². The Morgan fingerprint density at radius 3 is 2.80 bits per heavy atom. The van der Waals surface area contributed by atoms with Gasteiger partial charge in [0, 0.05) is 57.8 Å². The summed E-state index contributed by atoms with van der Waals surface area (Å²) in [5.41, 5.74) is 0.900. The molecule has 0 radical (unpaired) electrons. The first-order chi connectivity index (χ1) is 12.1. The predicted molar refractivity (Wildman–Crippen MR) is 98.2 cm³/mol. The molecule has 0 saturated carbocycles. The average Bonchev–Trinajstić information content (AvgIpc) is 3.05. The second-order valence-electron chi connectivity index (χ2n) is 5.94. The van der Waals surface area contributed by atoms with Crippen LogP contribution in [0.15, 0.2) is 18.2 Å². The van der Waals surface area contributed by atoms with E-state index >= 15 is 0 Å². The molecule has 1 fully saturated rings. The Balaban J connectivity index is 1.56. The molecule has 0 spiro atoms. The fraction of sp³-hybridized carbons (Fsp3) is 0.500. The van der Waals surface area contributed by atoms with Gasteiger partial charge in [0.15, 0.2) is 5.13 Å². The van der Waals surface area contributed by atoms with Crippen molar-refractivity contribution in [1.82, 2.24) is 15.2 Å². The van der Waals surface area contributed by atoms with Crippen molar-refractivity contribution >= 4 is 38.3 Å². The van der Waals surface area contributed by atoms with E-state index < -0.39 is 0 Å². The van der Waals surface area contributed by atoms with E-state index in [1.165, 1.54) is 17.4 Å². The normalized spacial score (nSPS) is 15.5. The molecule has 0 bridgehead atoms. The Morgan fingerprint density at radius 2 is 2.12 bits per heavy atom. The SMILES string of the molecule is CCC(=O)NCCN1CCN(c2nc3ccc([N+](=O)[O-])cc3s2)CC1. The molecule has 1 aromatic carbocycles. The lowest BCUT2D eigenvalue weighted by molar-refractivity contribution is -0.384. The minimum Gasteiger partial charge on any atom is -0.355 e. The highest BCUT2D eigenvalue weighted by molar-refractivity contribution is 7.22. The summed E-state index contributed by atoms with van der Waals surface area (Å²) in [5.74, 6) is 0.0854. The molecular weight excluding hydrogens is 342 g/mol. The maximum absolute atomic E-state index is 11.3. The smallest absolute Gasteiger partial charge is 0.270 e. The number of thiazole rings is 1. The number of benzene rings is 1. The number of nitro groups is 1. The highest BCUT2D eigenvalue weighted by Gasteiger charge is 2.20. The standard InChI is InChI=1S/C16H21N5O3S/c1-2-15(22)17-5-6-19-7-9-20(10-8-19)16-18-13-4-3-12(21(23)24)11-14(13)25-16/h3-4,11H,2,5-10H2,1H3,(H,17,22). The van der Waals surface area contributed by atoms with Crippen molar-refractivity contribution in [3.05, 3.63) is 28.3 Å². The molecule has 1 aliphatic rings. The van der Waals surface area contributed by atoms with E-state index in [9.17, 15) is 14.9 Å². The van der Waals surface area contributed by atoms with Crippen LogP contribution in [-0.4, -0.2) is 60.0 Å². The van der Waals surface area contributed by atoms with Gasteiger partial charge in [0.25, 0.3) is 5.69 Å². The highest BCUT2D eigenvalue weighted by atomic mass is 32.1. The van der Waals surface area contributed by atoms with E-state index in [2.05, 4.69) is 20.1 Å². The van der Waals surface area contributed by atoms with Crippen LogP contribution < -0.4 is 10.2 Å². The number of nitrogens with zero attached hydrogens (tertiary/aromatic N) is 4. The zero-order valence-corrected chi connectivity index (χ0v) is 14.9. The molecule has 1 N–H and O–H groups in total. The van der Waals surface area contributed by atoms with E-state index in [0.717, 1.165) is 48.1 Å². The Bertz CT molecular complexity index is 770. The quantitative estimate of drug-likeness (QED) is 0.622. The Kier molecular flexibility index (Phi) is 5.44. The lowest BCUT2D eigenvalue weighted by atomic mass is 10.3. The number of nitro benzene ring substituents is 1. The van der Waals surface area contributed by atoms with Crippen LogP contribution in [0.5, 0.6) is 0 Å².